The maximum Gasteiger partial charge on any atom is 0.308 e. The molecule has 0 saturated carbocycles. The van der Waals surface area contributed by atoms with Crippen molar-refractivity contribution in [3.05, 3.63) is 90.3 Å². The zero-order valence-electron chi connectivity index (χ0n) is 19.5. The Morgan fingerprint density at radius 3 is 2.39 bits per heavy atom. The van der Waals surface area contributed by atoms with E-state index in [4.69, 9.17) is 4.74 Å². The van der Waals surface area contributed by atoms with Gasteiger partial charge >= 0.3 is 5.97 Å². The number of para-hydroxylation sites is 3. The lowest BCUT2D eigenvalue weighted by atomic mass is 10.1. The molecule has 1 amide bonds. The molecule has 1 atom stereocenters. The van der Waals surface area contributed by atoms with Gasteiger partial charge in [0, 0.05) is 26.6 Å². The number of rotatable bonds is 5. The molecule has 36 heavy (non-hydrogen) atoms. The Labute approximate surface area is 208 Å². The Kier molecular flexibility index (Phi) is 6.29. The predicted octanol–water partition coefficient (Wildman–Crippen LogP) is 3.38. The number of imidazole rings is 1. The van der Waals surface area contributed by atoms with E-state index in [0.29, 0.717) is 11.3 Å². The van der Waals surface area contributed by atoms with Gasteiger partial charge in [-0.05, 0) is 36.4 Å². The number of hydrogen-bond donors (Lipinski definition) is 1. The van der Waals surface area contributed by atoms with E-state index in [1.807, 2.05) is 24.3 Å². The molecule has 0 bridgehead atoms. The van der Waals surface area contributed by atoms with Crippen LogP contribution in [-0.4, -0.2) is 59.1 Å². The van der Waals surface area contributed by atoms with Crippen LogP contribution in [0.4, 0.5) is 0 Å². The average Bonchev–Trinajstić information content (AvgIpc) is 3.33. The third-order valence-electron chi connectivity index (χ3n) is 6.06. The maximum absolute atomic E-state index is 13.6. The van der Waals surface area contributed by atoms with Crippen molar-refractivity contribution in [2.45, 2.75) is 17.9 Å². The molecule has 0 aliphatic carbocycles. The smallest absolute Gasteiger partial charge is 0.308 e. The van der Waals surface area contributed by atoms with Crippen LogP contribution < -0.4 is 4.74 Å². The number of piperazine rings is 1. The van der Waals surface area contributed by atoms with Crippen molar-refractivity contribution in [1.29, 1.82) is 0 Å². The highest BCUT2D eigenvalue weighted by Crippen LogP contribution is 2.32. The lowest BCUT2D eigenvalue weighted by Gasteiger charge is -2.39. The van der Waals surface area contributed by atoms with Gasteiger partial charge in [-0.1, -0.05) is 42.5 Å². The maximum atomic E-state index is 13.6. The van der Waals surface area contributed by atoms with Crippen LogP contribution in [0.5, 0.6) is 5.75 Å². The van der Waals surface area contributed by atoms with E-state index in [-0.39, 0.29) is 41.7 Å². The minimum absolute atomic E-state index is 0.0686. The summed E-state index contributed by atoms with van der Waals surface area (Å²) in [7, 11) is -3.87. The molecule has 3 aromatic carbocycles. The number of H-pyrrole nitrogens is 1. The normalized spacial score (nSPS) is 16.7. The lowest BCUT2D eigenvalue weighted by molar-refractivity contribution is -0.131. The lowest BCUT2D eigenvalue weighted by Crippen LogP contribution is -2.52. The second-order valence-corrected chi connectivity index (χ2v) is 10.3. The number of aromatic amines is 1. The van der Waals surface area contributed by atoms with E-state index in [9.17, 15) is 18.0 Å². The van der Waals surface area contributed by atoms with E-state index in [1.165, 1.54) is 11.2 Å². The molecule has 2 heterocycles. The fourth-order valence-electron chi connectivity index (χ4n) is 4.38. The van der Waals surface area contributed by atoms with E-state index < -0.39 is 22.0 Å². The van der Waals surface area contributed by atoms with Crippen LogP contribution >= 0.6 is 0 Å². The number of fused-ring (bicyclic) bond motifs is 1. The first-order valence-corrected chi connectivity index (χ1v) is 12.9. The third kappa shape index (κ3) is 4.48. The highest BCUT2D eigenvalue weighted by Gasteiger charge is 2.40. The monoisotopic (exact) mass is 504 g/mol. The van der Waals surface area contributed by atoms with Crippen LogP contribution in [0, 0.1) is 0 Å². The number of aromatic nitrogens is 2. The van der Waals surface area contributed by atoms with Gasteiger partial charge in [0.15, 0.2) is 0 Å². The molecule has 1 aromatic heterocycles. The second kappa shape index (κ2) is 9.56. The van der Waals surface area contributed by atoms with E-state index in [0.717, 1.165) is 5.52 Å². The van der Waals surface area contributed by atoms with Gasteiger partial charge < -0.3 is 14.6 Å². The molecule has 5 rings (SSSR count). The van der Waals surface area contributed by atoms with Crippen molar-refractivity contribution < 1.29 is 22.7 Å². The molecule has 184 valence electrons. The standard InChI is InChI=1S/C26H24N4O5S/c1-18(31)35-24-14-8-5-11-20(24)26(32)29-15-16-30(36(33,34)19-9-3-2-4-10-19)23(17-29)25-27-21-12-6-7-13-22(21)28-25/h2-14,23H,15-17H2,1H3,(H,27,28). The van der Waals surface area contributed by atoms with Crippen molar-refractivity contribution >= 4 is 32.9 Å². The molecular weight excluding hydrogens is 480 g/mol. The highest BCUT2D eigenvalue weighted by molar-refractivity contribution is 7.89. The number of amides is 1. The van der Waals surface area contributed by atoms with Gasteiger partial charge in [-0.25, -0.2) is 13.4 Å². The van der Waals surface area contributed by atoms with Crippen molar-refractivity contribution in [3.63, 3.8) is 0 Å². The van der Waals surface area contributed by atoms with Gasteiger partial charge in [-0.2, -0.15) is 4.31 Å². The highest BCUT2D eigenvalue weighted by atomic mass is 32.2. The molecule has 1 aliphatic rings. The summed E-state index contributed by atoms with van der Waals surface area (Å²) in [6.45, 7) is 1.57. The summed E-state index contributed by atoms with van der Waals surface area (Å²) in [6.07, 6.45) is 0. The Morgan fingerprint density at radius 2 is 1.64 bits per heavy atom. The van der Waals surface area contributed by atoms with Crippen LogP contribution in [-0.2, 0) is 14.8 Å². The van der Waals surface area contributed by atoms with E-state index in [1.54, 1.807) is 59.5 Å². The Hall–Kier alpha value is -4.02. The molecule has 1 unspecified atom stereocenters. The number of benzene rings is 3. The summed E-state index contributed by atoms with van der Waals surface area (Å²) >= 11 is 0. The molecule has 0 spiro atoms. The fraction of sp³-hybridized carbons (Fsp3) is 0.192. The van der Waals surface area contributed by atoms with Gasteiger partial charge in [0.1, 0.15) is 17.6 Å². The minimum atomic E-state index is -3.87. The average molecular weight is 505 g/mol. The van der Waals surface area contributed by atoms with Crippen LogP contribution in [0.2, 0.25) is 0 Å². The molecule has 9 nitrogen and oxygen atoms in total. The SMILES string of the molecule is CC(=O)Oc1ccccc1C(=O)N1CCN(S(=O)(=O)c2ccccc2)C(c2nc3ccccc3[nH]2)C1. The second-order valence-electron chi connectivity index (χ2n) is 8.42. The molecule has 1 saturated heterocycles. The predicted molar refractivity (Wildman–Crippen MR) is 133 cm³/mol. The first kappa shape index (κ1) is 23.7. The number of carbonyl (C=O) groups is 2. The van der Waals surface area contributed by atoms with Crippen LogP contribution in [0.1, 0.15) is 29.1 Å². The topological polar surface area (TPSA) is 113 Å². The van der Waals surface area contributed by atoms with Crippen molar-refractivity contribution in [2.24, 2.45) is 0 Å². The first-order chi connectivity index (χ1) is 17.3. The Bertz CT molecular complexity index is 1500. The summed E-state index contributed by atoms with van der Waals surface area (Å²) in [5, 5.41) is 0. The number of esters is 1. The van der Waals surface area contributed by atoms with Gasteiger partial charge in [0.25, 0.3) is 5.91 Å². The molecule has 1 fully saturated rings. The van der Waals surface area contributed by atoms with Crippen LogP contribution in [0.3, 0.4) is 0 Å². The van der Waals surface area contributed by atoms with Crippen molar-refractivity contribution in [2.75, 3.05) is 19.6 Å². The zero-order chi connectivity index (χ0) is 25.3. The number of sulfonamides is 1. The van der Waals surface area contributed by atoms with Gasteiger partial charge in [-0.3, -0.25) is 9.59 Å². The number of carbonyl (C=O) groups excluding carboxylic acids is 2. The quantitative estimate of drug-likeness (QED) is 0.329. The summed E-state index contributed by atoms with van der Waals surface area (Å²) in [6, 6.07) is 21.4. The van der Waals surface area contributed by atoms with Gasteiger partial charge in [-0.15, -0.1) is 0 Å². The minimum Gasteiger partial charge on any atom is -0.426 e. The molecular formula is C26H24N4O5S. The molecule has 4 aromatic rings. The molecule has 1 N–H and O–H groups in total. The summed E-state index contributed by atoms with van der Waals surface area (Å²) in [4.78, 5) is 34.7. The summed E-state index contributed by atoms with van der Waals surface area (Å²) in [5.74, 6) is -0.282. The van der Waals surface area contributed by atoms with Crippen LogP contribution in [0.25, 0.3) is 11.0 Å². The number of nitrogens with one attached hydrogen (secondary N) is 1. The fourth-order valence-corrected chi connectivity index (χ4v) is 5.97. The zero-order valence-corrected chi connectivity index (χ0v) is 20.3. The number of nitrogens with zero attached hydrogens (tertiary/aromatic N) is 3. The van der Waals surface area contributed by atoms with Crippen molar-refractivity contribution in [1.82, 2.24) is 19.2 Å². The third-order valence-corrected chi connectivity index (χ3v) is 7.99. The summed E-state index contributed by atoms with van der Waals surface area (Å²) < 4.78 is 33.9. The molecule has 10 heteroatoms. The number of ether oxygens (including phenoxy) is 1. The molecule has 0 radical (unpaired) electrons. The Balaban J connectivity index is 1.53. The van der Waals surface area contributed by atoms with Crippen LogP contribution in [0.15, 0.2) is 83.8 Å². The van der Waals surface area contributed by atoms with E-state index >= 15 is 0 Å². The largest absolute Gasteiger partial charge is 0.426 e. The van der Waals surface area contributed by atoms with Gasteiger partial charge in [0.05, 0.1) is 21.5 Å². The number of hydrogen-bond acceptors (Lipinski definition) is 6. The summed E-state index contributed by atoms with van der Waals surface area (Å²) in [5.41, 5.74) is 1.71. The Morgan fingerprint density at radius 1 is 0.944 bits per heavy atom. The van der Waals surface area contributed by atoms with E-state index in [2.05, 4.69) is 9.97 Å². The van der Waals surface area contributed by atoms with Crippen molar-refractivity contribution in [3.8, 4) is 5.75 Å². The first-order valence-electron chi connectivity index (χ1n) is 11.4. The van der Waals surface area contributed by atoms with Gasteiger partial charge in [0.2, 0.25) is 10.0 Å². The molecule has 1 aliphatic heterocycles.